The zero-order valence-electron chi connectivity index (χ0n) is 14.4. The van der Waals surface area contributed by atoms with E-state index in [0.717, 1.165) is 0 Å². The molecule has 3 aromatic rings. The van der Waals surface area contributed by atoms with E-state index in [9.17, 15) is 17.7 Å². The summed E-state index contributed by atoms with van der Waals surface area (Å²) in [4.78, 5) is 7.68. The van der Waals surface area contributed by atoms with Crippen LogP contribution in [0.5, 0.6) is 0 Å². The van der Waals surface area contributed by atoms with Crippen LogP contribution < -0.4 is 0 Å². The molecule has 0 saturated carbocycles. The average molecular weight is 404 g/mol. The fraction of sp³-hybridized carbons (Fsp3) is 0.400. The van der Waals surface area contributed by atoms with Crippen molar-refractivity contribution in [2.75, 3.05) is 13.2 Å². The monoisotopic (exact) mass is 404 g/mol. The molecule has 0 aliphatic carbocycles. The van der Waals surface area contributed by atoms with E-state index < -0.39 is 19.7 Å². The minimum absolute atomic E-state index is 0.0217. The molecule has 0 saturated heterocycles. The van der Waals surface area contributed by atoms with Crippen LogP contribution in [0.15, 0.2) is 29.0 Å². The van der Waals surface area contributed by atoms with E-state index in [2.05, 4.69) is 19.6 Å². The predicted octanol–water partition coefficient (Wildman–Crippen LogP) is 4.17. The number of hydrogen-bond acceptors (Lipinski definition) is 7. The van der Waals surface area contributed by atoms with E-state index in [1.165, 1.54) is 12.1 Å². The molecule has 0 aliphatic heterocycles. The van der Waals surface area contributed by atoms with E-state index in [1.807, 2.05) is 0 Å². The van der Waals surface area contributed by atoms with Gasteiger partial charge in [0.25, 0.3) is 0 Å². The van der Waals surface area contributed by atoms with E-state index in [1.54, 1.807) is 30.6 Å². The number of nitrogens with zero attached hydrogens (tertiary/aromatic N) is 4. The van der Waals surface area contributed by atoms with Gasteiger partial charge in [-0.25, -0.2) is 4.98 Å². The largest absolute Gasteiger partial charge is 0.471 e. The van der Waals surface area contributed by atoms with Crippen molar-refractivity contribution in [3.05, 3.63) is 36.1 Å². The number of aromatic nitrogens is 4. The molecule has 3 aromatic heterocycles. The number of pyridine rings is 1. The summed E-state index contributed by atoms with van der Waals surface area (Å²) >= 11 is 0. The Labute approximate surface area is 151 Å². The van der Waals surface area contributed by atoms with E-state index in [-0.39, 0.29) is 25.2 Å². The van der Waals surface area contributed by atoms with Gasteiger partial charge in [0.15, 0.2) is 0 Å². The SMILES string of the molecule is CCOP(=O)(Cc1cn2ccc(-c3noc(C(F)(F)F)n3)cc2n1)OCC. The van der Waals surface area contributed by atoms with Crippen LogP contribution in [0.2, 0.25) is 0 Å². The molecule has 0 atom stereocenters. The normalized spacial score (nSPS) is 12.8. The molecule has 0 spiro atoms. The summed E-state index contributed by atoms with van der Waals surface area (Å²) in [7, 11) is -3.32. The Hall–Kier alpha value is -2.23. The standard InChI is InChI=1S/C15H16F3N4O4P/c1-3-24-27(23,25-4-2)9-11-8-22-6-5-10(7-12(22)19-11)13-20-14(26-21-13)15(16,17)18/h5-8H,3-4,9H2,1-2H3. The first kappa shape index (κ1) is 19.5. The molecule has 0 aromatic carbocycles. The van der Waals surface area contributed by atoms with Crippen molar-refractivity contribution in [1.82, 2.24) is 19.5 Å². The van der Waals surface area contributed by atoms with Crippen molar-refractivity contribution in [3.8, 4) is 11.4 Å². The first-order valence-corrected chi connectivity index (χ1v) is 9.74. The molecule has 0 amide bonds. The highest BCUT2D eigenvalue weighted by molar-refractivity contribution is 7.53. The fourth-order valence-electron chi connectivity index (χ4n) is 2.43. The molecule has 3 rings (SSSR count). The summed E-state index contributed by atoms with van der Waals surface area (Å²) in [5.41, 5.74) is 1.18. The van der Waals surface area contributed by atoms with Gasteiger partial charge in [0.05, 0.1) is 25.1 Å². The van der Waals surface area contributed by atoms with E-state index >= 15 is 0 Å². The first-order chi connectivity index (χ1) is 12.7. The number of hydrogen-bond donors (Lipinski definition) is 0. The van der Waals surface area contributed by atoms with Crippen LogP contribution in [-0.4, -0.2) is 32.7 Å². The van der Waals surface area contributed by atoms with E-state index in [4.69, 9.17) is 9.05 Å². The second kappa shape index (κ2) is 7.41. The lowest BCUT2D eigenvalue weighted by Gasteiger charge is -2.15. The van der Waals surface area contributed by atoms with Crippen molar-refractivity contribution in [3.63, 3.8) is 0 Å². The number of imidazole rings is 1. The highest BCUT2D eigenvalue weighted by Crippen LogP contribution is 2.51. The first-order valence-electron chi connectivity index (χ1n) is 8.01. The minimum atomic E-state index is -4.71. The molecule has 0 bridgehead atoms. The molecule has 0 fully saturated rings. The molecule has 3 heterocycles. The lowest BCUT2D eigenvalue weighted by atomic mass is 10.2. The Bertz CT molecular complexity index is 975. The second-order valence-corrected chi connectivity index (χ2v) is 7.49. The van der Waals surface area contributed by atoms with E-state index in [0.29, 0.717) is 16.9 Å². The van der Waals surface area contributed by atoms with Crippen molar-refractivity contribution in [2.24, 2.45) is 0 Å². The second-order valence-electron chi connectivity index (χ2n) is 5.44. The summed E-state index contributed by atoms with van der Waals surface area (Å²) in [6.07, 6.45) is -1.51. The summed E-state index contributed by atoms with van der Waals surface area (Å²) in [6, 6.07) is 3.02. The van der Waals surface area contributed by atoms with Gasteiger partial charge in [0.1, 0.15) is 5.65 Å². The summed E-state index contributed by atoms with van der Waals surface area (Å²) < 4.78 is 66.7. The van der Waals surface area contributed by atoms with Crippen molar-refractivity contribution in [2.45, 2.75) is 26.2 Å². The Morgan fingerprint density at radius 1 is 1.22 bits per heavy atom. The van der Waals surface area contributed by atoms with Crippen LogP contribution in [0.25, 0.3) is 17.0 Å². The molecule has 27 heavy (non-hydrogen) atoms. The summed E-state index contributed by atoms with van der Waals surface area (Å²) in [5, 5.41) is 3.35. The third-order valence-corrected chi connectivity index (χ3v) is 5.46. The maximum absolute atomic E-state index is 12.6. The Morgan fingerprint density at radius 2 is 1.93 bits per heavy atom. The highest BCUT2D eigenvalue weighted by Gasteiger charge is 2.38. The summed E-state index contributed by atoms with van der Waals surface area (Å²) in [6.45, 7) is 3.88. The zero-order chi connectivity index (χ0) is 19.7. The number of halogens is 3. The van der Waals surface area contributed by atoms with Crippen LogP contribution >= 0.6 is 7.60 Å². The third-order valence-electron chi connectivity index (χ3n) is 3.44. The number of fused-ring (bicyclic) bond motifs is 1. The summed E-state index contributed by atoms with van der Waals surface area (Å²) in [5.74, 6) is -1.63. The van der Waals surface area contributed by atoms with Gasteiger partial charge >= 0.3 is 19.7 Å². The minimum Gasteiger partial charge on any atom is -0.329 e. The van der Waals surface area contributed by atoms with Crippen molar-refractivity contribution in [1.29, 1.82) is 0 Å². The van der Waals surface area contributed by atoms with Gasteiger partial charge in [-0.3, -0.25) is 4.57 Å². The predicted molar refractivity (Wildman–Crippen MR) is 88.0 cm³/mol. The molecule has 0 aliphatic rings. The molecule has 0 unspecified atom stereocenters. The van der Waals surface area contributed by atoms with Crippen LogP contribution in [0.4, 0.5) is 13.2 Å². The molecule has 0 radical (unpaired) electrons. The van der Waals surface area contributed by atoms with Crippen molar-refractivity contribution < 1.29 is 31.3 Å². The van der Waals surface area contributed by atoms with Gasteiger partial charge in [-0.15, -0.1) is 0 Å². The lowest BCUT2D eigenvalue weighted by Crippen LogP contribution is -2.04. The quantitative estimate of drug-likeness (QED) is 0.546. The zero-order valence-corrected chi connectivity index (χ0v) is 15.3. The van der Waals surface area contributed by atoms with Gasteiger partial charge in [0.2, 0.25) is 5.82 Å². The Kier molecular flexibility index (Phi) is 5.36. The lowest BCUT2D eigenvalue weighted by molar-refractivity contribution is -0.159. The van der Waals surface area contributed by atoms with Crippen LogP contribution in [0.1, 0.15) is 25.4 Å². The fourth-order valence-corrected chi connectivity index (χ4v) is 4.02. The maximum atomic E-state index is 12.6. The van der Waals surface area contributed by atoms with Crippen LogP contribution in [0, 0.1) is 0 Å². The molecule has 146 valence electrons. The topological polar surface area (TPSA) is 91.8 Å². The van der Waals surface area contributed by atoms with Gasteiger partial charge in [-0.1, -0.05) is 5.16 Å². The number of alkyl halides is 3. The molecular weight excluding hydrogens is 388 g/mol. The van der Waals surface area contributed by atoms with Gasteiger partial charge in [-0.05, 0) is 26.0 Å². The van der Waals surface area contributed by atoms with Crippen molar-refractivity contribution >= 4 is 13.2 Å². The molecule has 8 nitrogen and oxygen atoms in total. The Balaban J connectivity index is 1.89. The Morgan fingerprint density at radius 3 is 2.52 bits per heavy atom. The average Bonchev–Trinajstić information content (AvgIpc) is 3.20. The van der Waals surface area contributed by atoms with Gasteiger partial charge in [0, 0.05) is 18.0 Å². The van der Waals surface area contributed by atoms with Crippen LogP contribution in [0.3, 0.4) is 0 Å². The third kappa shape index (κ3) is 4.37. The van der Waals surface area contributed by atoms with Crippen LogP contribution in [-0.2, 0) is 26.0 Å². The van der Waals surface area contributed by atoms with Gasteiger partial charge in [-0.2, -0.15) is 18.2 Å². The smallest absolute Gasteiger partial charge is 0.329 e. The maximum Gasteiger partial charge on any atom is 0.471 e. The molecule has 0 N–H and O–H groups in total. The highest BCUT2D eigenvalue weighted by atomic mass is 31.2. The molecule has 12 heteroatoms. The number of rotatable bonds is 7. The molecular formula is C15H16F3N4O4P. The van der Waals surface area contributed by atoms with Gasteiger partial charge < -0.3 is 18.0 Å².